The molecule has 0 radical (unpaired) electrons. The average molecular weight is 282 g/mol. The molecule has 0 aromatic carbocycles. The fraction of sp³-hybridized carbons (Fsp3) is 0.571. The Balaban J connectivity index is 2.71. The maximum absolute atomic E-state index is 11.4. The van der Waals surface area contributed by atoms with Gasteiger partial charge in [0.05, 0.1) is 6.20 Å². The van der Waals surface area contributed by atoms with Crippen LogP contribution >= 0.6 is 15.9 Å². The van der Waals surface area contributed by atoms with E-state index in [0.717, 1.165) is 5.56 Å². The van der Waals surface area contributed by atoms with Gasteiger partial charge in [0.1, 0.15) is 4.66 Å². The number of nitrogens with zero attached hydrogens (tertiary/aromatic N) is 3. The van der Waals surface area contributed by atoms with Crippen molar-refractivity contribution in [2.75, 3.05) is 11.7 Å². The van der Waals surface area contributed by atoms with E-state index in [4.69, 9.17) is 0 Å². The summed E-state index contributed by atoms with van der Waals surface area (Å²) < 4.78 is 25.6. The van der Waals surface area contributed by atoms with E-state index < -0.39 is 10.0 Å². The SMILES string of the molecule is CN(Cc1cnn(C)c1)S(=O)(=O)CBr. The fourth-order valence-corrected chi connectivity index (χ4v) is 2.55. The zero-order chi connectivity index (χ0) is 10.8. The third-order valence-corrected chi connectivity index (χ3v) is 4.87. The number of hydrogen-bond acceptors (Lipinski definition) is 3. The third kappa shape index (κ3) is 2.79. The first kappa shape index (κ1) is 11.7. The molecular formula is C7H12BrN3O2S. The monoisotopic (exact) mass is 281 g/mol. The highest BCUT2D eigenvalue weighted by atomic mass is 79.9. The summed E-state index contributed by atoms with van der Waals surface area (Å²) in [5.41, 5.74) is 0.875. The maximum Gasteiger partial charge on any atom is 0.224 e. The van der Waals surface area contributed by atoms with Crippen molar-refractivity contribution < 1.29 is 8.42 Å². The summed E-state index contributed by atoms with van der Waals surface area (Å²) in [5.74, 6) is 0. The molecule has 0 unspecified atom stereocenters. The maximum atomic E-state index is 11.4. The Morgan fingerprint density at radius 2 is 2.29 bits per heavy atom. The van der Waals surface area contributed by atoms with Gasteiger partial charge < -0.3 is 0 Å². The van der Waals surface area contributed by atoms with Gasteiger partial charge in [0, 0.05) is 32.4 Å². The Hall–Kier alpha value is -0.400. The molecule has 1 rings (SSSR count). The van der Waals surface area contributed by atoms with E-state index in [-0.39, 0.29) is 4.66 Å². The molecule has 0 saturated heterocycles. The predicted molar refractivity (Wildman–Crippen MR) is 57.4 cm³/mol. The van der Waals surface area contributed by atoms with Crippen LogP contribution in [0.15, 0.2) is 12.4 Å². The molecule has 0 aliphatic carbocycles. The largest absolute Gasteiger partial charge is 0.275 e. The molecule has 7 heteroatoms. The normalized spacial score (nSPS) is 12.3. The van der Waals surface area contributed by atoms with Crippen molar-refractivity contribution >= 4 is 26.0 Å². The lowest BCUT2D eigenvalue weighted by Gasteiger charge is -2.13. The van der Waals surface area contributed by atoms with Crippen molar-refractivity contribution in [2.45, 2.75) is 6.54 Å². The highest BCUT2D eigenvalue weighted by Crippen LogP contribution is 2.08. The minimum Gasteiger partial charge on any atom is -0.275 e. The van der Waals surface area contributed by atoms with Crippen molar-refractivity contribution in [2.24, 2.45) is 7.05 Å². The molecule has 0 aliphatic rings. The molecule has 0 N–H and O–H groups in total. The van der Waals surface area contributed by atoms with E-state index in [1.165, 1.54) is 4.31 Å². The Bertz CT molecular complexity index is 401. The van der Waals surface area contributed by atoms with Gasteiger partial charge in [-0.15, -0.1) is 0 Å². The molecule has 14 heavy (non-hydrogen) atoms. The van der Waals surface area contributed by atoms with Crippen LogP contribution in [0.2, 0.25) is 0 Å². The lowest BCUT2D eigenvalue weighted by atomic mass is 10.4. The number of aryl methyl sites for hydroxylation is 1. The fourth-order valence-electron chi connectivity index (χ4n) is 0.992. The summed E-state index contributed by atoms with van der Waals surface area (Å²) in [7, 11) is 0.165. The number of aromatic nitrogens is 2. The number of hydrogen-bond donors (Lipinski definition) is 0. The van der Waals surface area contributed by atoms with Crippen molar-refractivity contribution in [1.29, 1.82) is 0 Å². The smallest absolute Gasteiger partial charge is 0.224 e. The van der Waals surface area contributed by atoms with Crippen LogP contribution in [-0.2, 0) is 23.6 Å². The first-order valence-electron chi connectivity index (χ1n) is 3.93. The third-order valence-electron chi connectivity index (χ3n) is 1.78. The number of alkyl halides is 1. The molecule has 5 nitrogen and oxygen atoms in total. The van der Waals surface area contributed by atoms with Gasteiger partial charge in [0.2, 0.25) is 10.0 Å². The van der Waals surface area contributed by atoms with Crippen LogP contribution in [0.3, 0.4) is 0 Å². The standard InChI is InChI=1S/C7H12BrN3O2S/c1-10-4-7(3-9-10)5-11(2)14(12,13)6-8/h3-4H,5-6H2,1-2H3. The second-order valence-electron chi connectivity index (χ2n) is 3.00. The number of sulfonamides is 1. The van der Waals surface area contributed by atoms with E-state index in [1.807, 2.05) is 0 Å². The average Bonchev–Trinajstić information content (AvgIpc) is 2.51. The highest BCUT2D eigenvalue weighted by Gasteiger charge is 2.16. The van der Waals surface area contributed by atoms with Crippen LogP contribution in [0.25, 0.3) is 0 Å². The van der Waals surface area contributed by atoms with Crippen LogP contribution in [0.5, 0.6) is 0 Å². The quantitative estimate of drug-likeness (QED) is 0.757. The van der Waals surface area contributed by atoms with E-state index in [9.17, 15) is 8.42 Å². The molecule has 0 bridgehead atoms. The molecule has 0 atom stereocenters. The molecule has 0 spiro atoms. The van der Waals surface area contributed by atoms with Crippen LogP contribution in [0.1, 0.15) is 5.56 Å². The topological polar surface area (TPSA) is 55.2 Å². The molecule has 0 amide bonds. The van der Waals surface area contributed by atoms with Crippen molar-refractivity contribution in [3.63, 3.8) is 0 Å². The van der Waals surface area contributed by atoms with E-state index >= 15 is 0 Å². The Labute approximate surface area is 91.9 Å². The summed E-state index contributed by atoms with van der Waals surface area (Å²) in [6.07, 6.45) is 3.44. The van der Waals surface area contributed by atoms with Gasteiger partial charge >= 0.3 is 0 Å². The molecule has 80 valence electrons. The van der Waals surface area contributed by atoms with Crippen LogP contribution in [0.4, 0.5) is 0 Å². The Morgan fingerprint density at radius 3 is 2.71 bits per heavy atom. The summed E-state index contributed by atoms with van der Waals surface area (Å²) >= 11 is 2.94. The summed E-state index contributed by atoms with van der Waals surface area (Å²) in [4.78, 5) is 0. The predicted octanol–water partition coefficient (Wildman–Crippen LogP) is 0.534. The van der Waals surface area contributed by atoms with Gasteiger partial charge in [-0.05, 0) is 0 Å². The molecule has 1 aromatic heterocycles. The van der Waals surface area contributed by atoms with Gasteiger partial charge in [-0.1, -0.05) is 15.9 Å². The second kappa shape index (κ2) is 4.41. The van der Waals surface area contributed by atoms with Crippen molar-refractivity contribution in [1.82, 2.24) is 14.1 Å². The molecule has 0 aliphatic heterocycles. The number of halogens is 1. The zero-order valence-electron chi connectivity index (χ0n) is 8.01. The summed E-state index contributed by atoms with van der Waals surface area (Å²) in [6, 6.07) is 0. The van der Waals surface area contributed by atoms with E-state index in [1.54, 1.807) is 31.2 Å². The van der Waals surface area contributed by atoms with E-state index in [2.05, 4.69) is 21.0 Å². The molecule has 1 heterocycles. The van der Waals surface area contributed by atoms with E-state index in [0.29, 0.717) is 6.54 Å². The van der Waals surface area contributed by atoms with Crippen LogP contribution < -0.4 is 0 Å². The Kier molecular flexibility index (Phi) is 3.68. The van der Waals surface area contributed by atoms with Crippen molar-refractivity contribution in [3.05, 3.63) is 18.0 Å². The lowest BCUT2D eigenvalue weighted by molar-refractivity contribution is 0.471. The minimum absolute atomic E-state index is 0.0588. The molecular weight excluding hydrogens is 270 g/mol. The molecule has 0 fully saturated rings. The highest BCUT2D eigenvalue weighted by molar-refractivity contribution is 9.10. The van der Waals surface area contributed by atoms with Gasteiger partial charge in [0.15, 0.2) is 0 Å². The van der Waals surface area contributed by atoms with Crippen LogP contribution in [0, 0.1) is 0 Å². The lowest BCUT2D eigenvalue weighted by Crippen LogP contribution is -2.26. The Morgan fingerprint density at radius 1 is 1.64 bits per heavy atom. The van der Waals surface area contributed by atoms with Gasteiger partial charge in [-0.3, -0.25) is 4.68 Å². The first-order valence-corrected chi connectivity index (χ1v) is 6.66. The molecule has 1 aromatic rings. The van der Waals surface area contributed by atoms with Gasteiger partial charge in [-0.2, -0.15) is 9.40 Å². The van der Waals surface area contributed by atoms with Gasteiger partial charge in [0.25, 0.3) is 0 Å². The summed E-state index contributed by atoms with van der Waals surface area (Å²) in [6.45, 7) is 0.349. The number of rotatable bonds is 4. The zero-order valence-corrected chi connectivity index (χ0v) is 10.4. The van der Waals surface area contributed by atoms with Crippen molar-refractivity contribution in [3.8, 4) is 0 Å². The summed E-state index contributed by atoms with van der Waals surface area (Å²) in [5, 5.41) is 3.96. The molecule has 0 saturated carbocycles. The van der Waals surface area contributed by atoms with Gasteiger partial charge in [-0.25, -0.2) is 8.42 Å². The second-order valence-corrected chi connectivity index (χ2v) is 6.38. The minimum atomic E-state index is -3.17. The first-order chi connectivity index (χ1) is 6.45. The van der Waals surface area contributed by atoms with Crippen LogP contribution in [-0.4, -0.2) is 34.2 Å².